The van der Waals surface area contributed by atoms with Crippen molar-refractivity contribution in [3.63, 3.8) is 0 Å². The highest BCUT2D eigenvalue weighted by Crippen LogP contribution is 2.32. The minimum Gasteiger partial charge on any atom is -0.346 e. The number of carbonyl (C=O) groups excluding carboxylic acids is 1. The van der Waals surface area contributed by atoms with Crippen LogP contribution in [0.5, 0.6) is 0 Å². The lowest BCUT2D eigenvalue weighted by Crippen LogP contribution is -2.14. The Morgan fingerprint density at radius 1 is 1.13 bits per heavy atom. The lowest BCUT2D eigenvalue weighted by molar-refractivity contribution is 0.0964. The zero-order chi connectivity index (χ0) is 17.1. The van der Waals surface area contributed by atoms with Gasteiger partial charge in [-0.25, -0.2) is 13.8 Å². The molecule has 2 aromatic rings. The van der Waals surface area contributed by atoms with Crippen molar-refractivity contribution in [3.8, 4) is 11.3 Å². The molecule has 0 spiro atoms. The van der Waals surface area contributed by atoms with Crippen molar-refractivity contribution in [2.45, 2.75) is 40.2 Å². The Morgan fingerprint density at radius 2 is 1.74 bits per heavy atom. The van der Waals surface area contributed by atoms with Crippen LogP contribution < -0.4 is 5.32 Å². The molecule has 1 aromatic heterocycles. The Labute approximate surface area is 134 Å². The van der Waals surface area contributed by atoms with Gasteiger partial charge in [0, 0.05) is 0 Å². The van der Waals surface area contributed by atoms with Gasteiger partial charge in [-0.3, -0.25) is 4.79 Å². The third-order valence-electron chi connectivity index (χ3n) is 3.61. The molecule has 1 amide bonds. The van der Waals surface area contributed by atoms with E-state index < -0.39 is 11.6 Å². The van der Waals surface area contributed by atoms with E-state index in [2.05, 4.69) is 10.3 Å². The molecule has 0 saturated carbocycles. The number of nitrogens with one attached hydrogen (secondary N) is 1. The zero-order valence-corrected chi connectivity index (χ0v) is 13.7. The van der Waals surface area contributed by atoms with Gasteiger partial charge < -0.3 is 5.32 Å². The molecule has 1 aliphatic heterocycles. The maximum Gasteiger partial charge on any atom is 0.253 e. The van der Waals surface area contributed by atoms with Crippen molar-refractivity contribution in [2.75, 3.05) is 0 Å². The van der Waals surface area contributed by atoms with Crippen molar-refractivity contribution >= 4 is 5.91 Å². The van der Waals surface area contributed by atoms with Gasteiger partial charge in [0.25, 0.3) is 5.91 Å². The minimum atomic E-state index is -0.658. The van der Waals surface area contributed by atoms with Gasteiger partial charge in [0.1, 0.15) is 11.6 Å². The SMILES string of the molecule is CC.CC(C)c1cc(-c2c(F)cccc2F)nc2c1C(=O)NC2. The fraction of sp³-hybridized carbons (Fsp3) is 0.333. The maximum absolute atomic E-state index is 13.9. The molecular formula is C18H20F2N2O. The van der Waals surface area contributed by atoms with Gasteiger partial charge in [-0.05, 0) is 29.7 Å². The molecule has 1 aliphatic rings. The molecule has 23 heavy (non-hydrogen) atoms. The number of hydrogen-bond acceptors (Lipinski definition) is 2. The number of aromatic nitrogens is 1. The summed E-state index contributed by atoms with van der Waals surface area (Å²) in [6, 6.07) is 5.32. The van der Waals surface area contributed by atoms with Crippen molar-refractivity contribution in [3.05, 3.63) is 52.7 Å². The van der Waals surface area contributed by atoms with E-state index in [4.69, 9.17) is 0 Å². The molecule has 0 radical (unpaired) electrons. The Bertz CT molecular complexity index is 722. The standard InChI is InChI=1S/C16H14F2N2O.C2H6/c1-8(2)9-6-12(15-10(17)4-3-5-11(15)18)20-13-7-19-16(21)14(9)13;1-2/h3-6,8H,7H2,1-2H3,(H,19,21);1-2H3. The number of halogens is 2. The lowest BCUT2D eigenvalue weighted by Gasteiger charge is -2.13. The van der Waals surface area contributed by atoms with Crippen molar-refractivity contribution in [2.24, 2.45) is 0 Å². The number of rotatable bonds is 2. The van der Waals surface area contributed by atoms with Gasteiger partial charge in [0.2, 0.25) is 0 Å². The average Bonchev–Trinajstić information content (AvgIpc) is 2.90. The smallest absolute Gasteiger partial charge is 0.253 e. The largest absolute Gasteiger partial charge is 0.346 e. The van der Waals surface area contributed by atoms with E-state index in [1.165, 1.54) is 18.2 Å². The summed E-state index contributed by atoms with van der Waals surface area (Å²) in [5.74, 6) is -1.44. The third-order valence-corrected chi connectivity index (χ3v) is 3.61. The first kappa shape index (κ1) is 17.1. The molecule has 3 rings (SSSR count). The van der Waals surface area contributed by atoms with E-state index in [1.807, 2.05) is 27.7 Å². The minimum absolute atomic E-state index is 0.0548. The summed E-state index contributed by atoms with van der Waals surface area (Å²) in [5.41, 5.74) is 1.91. The summed E-state index contributed by atoms with van der Waals surface area (Å²) in [4.78, 5) is 16.1. The maximum atomic E-state index is 13.9. The molecule has 0 unspecified atom stereocenters. The van der Waals surface area contributed by atoms with Gasteiger partial charge in [-0.2, -0.15) is 0 Å². The van der Waals surface area contributed by atoms with Gasteiger partial charge in [0.15, 0.2) is 0 Å². The molecule has 1 N–H and O–H groups in total. The van der Waals surface area contributed by atoms with Crippen LogP contribution in [0.1, 0.15) is 55.2 Å². The topological polar surface area (TPSA) is 42.0 Å². The Kier molecular flexibility index (Phi) is 5.08. The molecule has 0 atom stereocenters. The van der Waals surface area contributed by atoms with Crippen LogP contribution in [-0.2, 0) is 6.54 Å². The van der Waals surface area contributed by atoms with Crippen LogP contribution >= 0.6 is 0 Å². The normalized spacial score (nSPS) is 12.6. The summed E-state index contributed by atoms with van der Waals surface area (Å²) < 4.78 is 27.9. The lowest BCUT2D eigenvalue weighted by atomic mass is 9.94. The van der Waals surface area contributed by atoms with E-state index in [-0.39, 0.29) is 29.6 Å². The zero-order valence-electron chi connectivity index (χ0n) is 13.7. The average molecular weight is 318 g/mol. The molecule has 5 heteroatoms. The first-order valence-electron chi connectivity index (χ1n) is 7.75. The van der Waals surface area contributed by atoms with Crippen LogP contribution in [0.15, 0.2) is 24.3 Å². The van der Waals surface area contributed by atoms with Crippen molar-refractivity contribution < 1.29 is 13.6 Å². The molecule has 2 heterocycles. The van der Waals surface area contributed by atoms with Crippen LogP contribution in [0, 0.1) is 11.6 Å². The van der Waals surface area contributed by atoms with Gasteiger partial charge >= 0.3 is 0 Å². The van der Waals surface area contributed by atoms with Gasteiger partial charge in [0.05, 0.1) is 29.1 Å². The highest BCUT2D eigenvalue weighted by atomic mass is 19.1. The van der Waals surface area contributed by atoms with Crippen LogP contribution in [0.25, 0.3) is 11.3 Å². The number of amides is 1. The molecule has 0 saturated heterocycles. The molecule has 0 bridgehead atoms. The van der Waals surface area contributed by atoms with Crippen molar-refractivity contribution in [1.29, 1.82) is 0 Å². The Morgan fingerprint density at radius 3 is 2.30 bits per heavy atom. The summed E-state index contributed by atoms with van der Waals surface area (Å²) in [6.45, 7) is 8.16. The molecule has 1 aromatic carbocycles. The Balaban J connectivity index is 0.000000924. The first-order chi connectivity index (χ1) is 11.0. The molecule has 3 nitrogen and oxygen atoms in total. The van der Waals surface area contributed by atoms with Crippen LogP contribution in [-0.4, -0.2) is 10.9 Å². The molecule has 0 fully saturated rings. The first-order valence-corrected chi connectivity index (χ1v) is 7.75. The monoisotopic (exact) mass is 318 g/mol. The second kappa shape index (κ2) is 6.86. The number of pyridine rings is 1. The van der Waals surface area contributed by atoms with E-state index in [0.29, 0.717) is 11.3 Å². The van der Waals surface area contributed by atoms with Gasteiger partial charge in [-0.15, -0.1) is 0 Å². The van der Waals surface area contributed by atoms with Crippen LogP contribution in [0.2, 0.25) is 0 Å². The van der Waals surface area contributed by atoms with E-state index in [0.717, 1.165) is 5.56 Å². The predicted molar refractivity (Wildman–Crippen MR) is 86.2 cm³/mol. The van der Waals surface area contributed by atoms with Crippen LogP contribution in [0.3, 0.4) is 0 Å². The predicted octanol–water partition coefficient (Wildman–Crippen LogP) is 4.42. The molecule has 122 valence electrons. The van der Waals surface area contributed by atoms with Crippen LogP contribution in [0.4, 0.5) is 8.78 Å². The number of carbonyl (C=O) groups is 1. The number of fused-ring (bicyclic) bond motifs is 1. The Hall–Kier alpha value is -2.30. The molecular weight excluding hydrogens is 298 g/mol. The second-order valence-corrected chi connectivity index (χ2v) is 5.35. The summed E-state index contributed by atoms with van der Waals surface area (Å²) >= 11 is 0. The quantitative estimate of drug-likeness (QED) is 0.890. The number of hydrogen-bond donors (Lipinski definition) is 1. The summed E-state index contributed by atoms with van der Waals surface area (Å²) in [7, 11) is 0. The number of nitrogens with zero attached hydrogens (tertiary/aromatic N) is 1. The fourth-order valence-corrected chi connectivity index (χ4v) is 2.59. The summed E-state index contributed by atoms with van der Waals surface area (Å²) in [5, 5.41) is 2.70. The van der Waals surface area contributed by atoms with Gasteiger partial charge in [-0.1, -0.05) is 33.8 Å². The van der Waals surface area contributed by atoms with E-state index in [9.17, 15) is 13.6 Å². The highest BCUT2D eigenvalue weighted by molar-refractivity contribution is 5.99. The highest BCUT2D eigenvalue weighted by Gasteiger charge is 2.27. The fourth-order valence-electron chi connectivity index (χ4n) is 2.59. The van der Waals surface area contributed by atoms with E-state index in [1.54, 1.807) is 6.07 Å². The number of benzene rings is 1. The second-order valence-electron chi connectivity index (χ2n) is 5.35. The van der Waals surface area contributed by atoms with Crippen molar-refractivity contribution in [1.82, 2.24) is 10.3 Å². The summed E-state index contributed by atoms with van der Waals surface area (Å²) in [6.07, 6.45) is 0. The van der Waals surface area contributed by atoms with E-state index >= 15 is 0 Å². The molecule has 0 aliphatic carbocycles. The third kappa shape index (κ3) is 3.09.